The predicted octanol–water partition coefficient (Wildman–Crippen LogP) is 2.12. The second-order valence-corrected chi connectivity index (χ2v) is 3.66. The molecule has 80 valence electrons. The minimum atomic E-state index is -0.0364. The van der Waals surface area contributed by atoms with Crippen LogP contribution in [0.3, 0.4) is 0 Å². The molecule has 0 bridgehead atoms. The van der Waals surface area contributed by atoms with E-state index < -0.39 is 0 Å². The minimum Gasteiger partial charge on any atom is -0.354 e. The molecule has 1 rings (SSSR count). The van der Waals surface area contributed by atoms with Crippen LogP contribution in [0, 0.1) is 17.2 Å². The molecule has 1 atom stereocenters. The van der Waals surface area contributed by atoms with Gasteiger partial charge in [0.2, 0.25) is 0 Å². The van der Waals surface area contributed by atoms with Crippen molar-refractivity contribution in [2.45, 2.75) is 13.8 Å². The van der Waals surface area contributed by atoms with E-state index in [0.29, 0.717) is 17.5 Å². The lowest BCUT2D eigenvalue weighted by atomic mass is 10.2. The topological polar surface area (TPSA) is 52.8 Å². The average Bonchev–Trinajstić information content (AvgIpc) is 2.25. The highest BCUT2D eigenvalue weighted by Crippen LogP contribution is 2.13. The van der Waals surface area contributed by atoms with Gasteiger partial charge < -0.3 is 4.90 Å². The average molecular weight is 225 g/mol. The summed E-state index contributed by atoms with van der Waals surface area (Å²) in [5.74, 6) is 0.679. The van der Waals surface area contributed by atoms with Crippen molar-refractivity contribution in [2.24, 2.45) is 5.92 Å². The van der Waals surface area contributed by atoms with Crippen molar-refractivity contribution in [3.8, 4) is 6.07 Å². The maximum atomic E-state index is 8.74. The van der Waals surface area contributed by atoms with Gasteiger partial charge in [0.1, 0.15) is 11.0 Å². The standard InChI is InChI=1S/C10H13ClN4/c1-3-15(7-8(2)4-12)10-6-13-5-9(11)14-10/h5-6,8H,3,7H2,1-2H3. The van der Waals surface area contributed by atoms with Crippen molar-refractivity contribution < 1.29 is 0 Å². The number of halogens is 1. The summed E-state index contributed by atoms with van der Waals surface area (Å²) in [6, 6.07) is 2.19. The zero-order valence-electron chi connectivity index (χ0n) is 8.81. The zero-order valence-corrected chi connectivity index (χ0v) is 9.57. The van der Waals surface area contributed by atoms with Crippen LogP contribution >= 0.6 is 11.6 Å². The first-order chi connectivity index (χ1) is 7.17. The van der Waals surface area contributed by atoms with Gasteiger partial charge in [-0.25, -0.2) is 4.98 Å². The number of rotatable bonds is 4. The lowest BCUT2D eigenvalue weighted by molar-refractivity contribution is 0.678. The fourth-order valence-corrected chi connectivity index (χ4v) is 1.38. The second kappa shape index (κ2) is 5.52. The van der Waals surface area contributed by atoms with E-state index in [0.717, 1.165) is 6.54 Å². The highest BCUT2D eigenvalue weighted by Gasteiger charge is 2.10. The van der Waals surface area contributed by atoms with E-state index in [1.807, 2.05) is 18.7 Å². The Hall–Kier alpha value is -1.34. The Balaban J connectivity index is 2.79. The Kier molecular flexibility index (Phi) is 4.32. The summed E-state index contributed by atoms with van der Waals surface area (Å²) in [6.45, 7) is 5.30. The van der Waals surface area contributed by atoms with Gasteiger partial charge in [0, 0.05) is 13.1 Å². The Morgan fingerprint density at radius 3 is 2.87 bits per heavy atom. The molecule has 0 N–H and O–H groups in total. The van der Waals surface area contributed by atoms with Gasteiger partial charge in [0.15, 0.2) is 0 Å². The van der Waals surface area contributed by atoms with Crippen LogP contribution in [0.25, 0.3) is 0 Å². The molecule has 0 spiro atoms. The van der Waals surface area contributed by atoms with E-state index in [2.05, 4.69) is 16.0 Å². The number of hydrogen-bond donors (Lipinski definition) is 0. The van der Waals surface area contributed by atoms with Gasteiger partial charge in [0.25, 0.3) is 0 Å². The maximum Gasteiger partial charge on any atom is 0.149 e. The van der Waals surface area contributed by atoms with Crippen LogP contribution in [0.4, 0.5) is 5.82 Å². The Morgan fingerprint density at radius 1 is 1.60 bits per heavy atom. The van der Waals surface area contributed by atoms with Crippen molar-refractivity contribution in [1.29, 1.82) is 5.26 Å². The first kappa shape index (κ1) is 11.7. The van der Waals surface area contributed by atoms with Gasteiger partial charge in [-0.05, 0) is 13.8 Å². The fraction of sp³-hybridized carbons (Fsp3) is 0.500. The molecule has 15 heavy (non-hydrogen) atoms. The number of nitriles is 1. The smallest absolute Gasteiger partial charge is 0.149 e. The van der Waals surface area contributed by atoms with Gasteiger partial charge in [-0.1, -0.05) is 11.6 Å². The molecule has 0 saturated heterocycles. The van der Waals surface area contributed by atoms with Crippen molar-refractivity contribution in [3.63, 3.8) is 0 Å². The van der Waals surface area contributed by atoms with E-state index in [1.54, 1.807) is 6.20 Å². The van der Waals surface area contributed by atoms with E-state index in [9.17, 15) is 0 Å². The van der Waals surface area contributed by atoms with Crippen LogP contribution in [0.2, 0.25) is 5.15 Å². The number of nitrogens with zero attached hydrogens (tertiary/aromatic N) is 4. The summed E-state index contributed by atoms with van der Waals surface area (Å²) in [5, 5.41) is 9.11. The van der Waals surface area contributed by atoms with Gasteiger partial charge in [0.05, 0.1) is 24.4 Å². The Morgan fingerprint density at radius 2 is 2.33 bits per heavy atom. The highest BCUT2D eigenvalue weighted by molar-refractivity contribution is 6.29. The molecule has 0 saturated carbocycles. The summed E-state index contributed by atoms with van der Waals surface area (Å²) in [5.41, 5.74) is 0. The molecule has 0 aliphatic carbocycles. The van der Waals surface area contributed by atoms with Crippen LogP contribution in [0.1, 0.15) is 13.8 Å². The van der Waals surface area contributed by atoms with E-state index >= 15 is 0 Å². The molecule has 5 heteroatoms. The lowest BCUT2D eigenvalue weighted by Crippen LogP contribution is -2.28. The first-order valence-corrected chi connectivity index (χ1v) is 5.17. The summed E-state index contributed by atoms with van der Waals surface area (Å²) < 4.78 is 0. The number of hydrogen-bond acceptors (Lipinski definition) is 4. The van der Waals surface area contributed by atoms with Crippen LogP contribution in [-0.2, 0) is 0 Å². The number of aromatic nitrogens is 2. The molecule has 0 radical (unpaired) electrons. The van der Waals surface area contributed by atoms with Crippen LogP contribution in [0.5, 0.6) is 0 Å². The van der Waals surface area contributed by atoms with E-state index in [1.165, 1.54) is 6.20 Å². The van der Waals surface area contributed by atoms with Crippen molar-refractivity contribution in [3.05, 3.63) is 17.5 Å². The molecule has 0 amide bonds. The van der Waals surface area contributed by atoms with Crippen molar-refractivity contribution >= 4 is 17.4 Å². The molecule has 0 fully saturated rings. The molecule has 4 nitrogen and oxygen atoms in total. The fourth-order valence-electron chi connectivity index (χ4n) is 1.24. The number of anilines is 1. The monoisotopic (exact) mass is 224 g/mol. The van der Waals surface area contributed by atoms with Crippen molar-refractivity contribution in [1.82, 2.24) is 9.97 Å². The molecular formula is C10H13ClN4. The van der Waals surface area contributed by atoms with Crippen LogP contribution in [-0.4, -0.2) is 23.1 Å². The predicted molar refractivity (Wildman–Crippen MR) is 59.7 cm³/mol. The SMILES string of the molecule is CCN(CC(C)C#N)c1cncc(Cl)n1. The normalized spacial score (nSPS) is 11.9. The second-order valence-electron chi connectivity index (χ2n) is 3.27. The highest BCUT2D eigenvalue weighted by atomic mass is 35.5. The summed E-state index contributed by atoms with van der Waals surface area (Å²) in [6.07, 6.45) is 3.14. The largest absolute Gasteiger partial charge is 0.354 e. The molecule has 0 aliphatic rings. The Bertz CT molecular complexity index is 361. The minimum absolute atomic E-state index is 0.0364. The van der Waals surface area contributed by atoms with Gasteiger partial charge in [-0.15, -0.1) is 0 Å². The Labute approximate surface area is 94.5 Å². The summed E-state index contributed by atoms with van der Waals surface area (Å²) >= 11 is 5.75. The van der Waals surface area contributed by atoms with Gasteiger partial charge in [-0.3, -0.25) is 4.98 Å². The molecule has 0 aliphatic heterocycles. The summed E-state index contributed by atoms with van der Waals surface area (Å²) in [7, 11) is 0. The molecule has 1 aromatic heterocycles. The molecule has 1 aromatic rings. The van der Waals surface area contributed by atoms with Crippen molar-refractivity contribution in [2.75, 3.05) is 18.0 Å². The zero-order chi connectivity index (χ0) is 11.3. The molecule has 1 unspecified atom stereocenters. The van der Waals surface area contributed by atoms with E-state index in [4.69, 9.17) is 16.9 Å². The van der Waals surface area contributed by atoms with Gasteiger partial charge >= 0.3 is 0 Å². The third-order valence-corrected chi connectivity index (χ3v) is 2.19. The molecule has 1 heterocycles. The lowest BCUT2D eigenvalue weighted by Gasteiger charge is -2.22. The molecule has 0 aromatic carbocycles. The molecular weight excluding hydrogens is 212 g/mol. The third-order valence-electron chi connectivity index (χ3n) is 2.01. The maximum absolute atomic E-state index is 8.74. The van der Waals surface area contributed by atoms with Crippen LogP contribution < -0.4 is 4.90 Å². The third kappa shape index (κ3) is 3.37. The van der Waals surface area contributed by atoms with E-state index in [-0.39, 0.29) is 5.92 Å². The summed E-state index contributed by atoms with van der Waals surface area (Å²) in [4.78, 5) is 10.1. The first-order valence-electron chi connectivity index (χ1n) is 4.79. The van der Waals surface area contributed by atoms with Gasteiger partial charge in [-0.2, -0.15) is 5.26 Å². The quantitative estimate of drug-likeness (QED) is 0.786. The van der Waals surface area contributed by atoms with Crippen LogP contribution in [0.15, 0.2) is 12.4 Å².